The summed E-state index contributed by atoms with van der Waals surface area (Å²) in [6.45, 7) is 12.9. The van der Waals surface area contributed by atoms with Crippen molar-refractivity contribution in [2.45, 2.75) is 52.4 Å². The quantitative estimate of drug-likeness (QED) is 0.425. The highest BCUT2D eigenvalue weighted by Crippen LogP contribution is 2.39. The molecule has 0 saturated heterocycles. The van der Waals surface area contributed by atoms with E-state index in [1.54, 1.807) is 4.80 Å². The van der Waals surface area contributed by atoms with Crippen molar-refractivity contribution < 1.29 is 5.11 Å². The molecule has 4 nitrogen and oxygen atoms in total. The number of hydrogen-bond donors (Lipinski definition) is 1. The molecule has 0 spiro atoms. The van der Waals surface area contributed by atoms with Crippen molar-refractivity contribution in [1.29, 1.82) is 0 Å². The lowest BCUT2D eigenvalue weighted by molar-refractivity contribution is 0.438. The molecule has 0 aliphatic heterocycles. The number of aromatic hydroxyl groups is 1. The first-order chi connectivity index (χ1) is 14.0. The Morgan fingerprint density at radius 2 is 1.37 bits per heavy atom. The van der Waals surface area contributed by atoms with Crippen molar-refractivity contribution in [3.05, 3.63) is 71.8 Å². The normalized spacial score (nSPS) is 12.5. The molecular weight excluding hydrogens is 370 g/mol. The first-order valence-electron chi connectivity index (χ1n) is 10.3. The average Bonchev–Trinajstić information content (AvgIpc) is 3.10. The highest BCUT2D eigenvalue weighted by atomic mass is 16.3. The standard InChI is InChI=1S/C26H29N3O/c1-25(2,3)19-15-20(26(4,5)6)24(30)23(16-19)29-27-21-13-12-18(14-22(21)28-29)17-10-8-7-9-11-17/h7-16,30H,1-6H3. The van der Waals surface area contributed by atoms with E-state index in [0.717, 1.165) is 33.3 Å². The van der Waals surface area contributed by atoms with E-state index in [1.165, 1.54) is 0 Å². The van der Waals surface area contributed by atoms with Gasteiger partial charge in [-0.1, -0.05) is 84.0 Å². The SMILES string of the molecule is CC(C)(C)c1cc(-n2nc3ccc(-c4ccccc4)cc3n2)c(O)c(C(C)(C)C)c1. The maximum Gasteiger partial charge on any atom is 0.146 e. The number of benzene rings is 3. The van der Waals surface area contributed by atoms with Crippen molar-refractivity contribution in [3.63, 3.8) is 0 Å². The molecule has 1 heterocycles. The van der Waals surface area contributed by atoms with Gasteiger partial charge in [0.1, 0.15) is 22.5 Å². The molecule has 0 fully saturated rings. The molecule has 30 heavy (non-hydrogen) atoms. The minimum absolute atomic E-state index is 0.0600. The van der Waals surface area contributed by atoms with E-state index < -0.39 is 0 Å². The van der Waals surface area contributed by atoms with Gasteiger partial charge in [0.05, 0.1) is 0 Å². The molecule has 0 amide bonds. The fraction of sp³-hybridized carbons (Fsp3) is 0.308. The van der Waals surface area contributed by atoms with E-state index >= 15 is 0 Å². The fourth-order valence-corrected chi connectivity index (χ4v) is 3.61. The Labute approximate surface area is 178 Å². The summed E-state index contributed by atoms with van der Waals surface area (Å²) in [5, 5.41) is 20.5. The number of aromatic nitrogens is 3. The minimum atomic E-state index is -0.201. The molecule has 0 bridgehead atoms. The summed E-state index contributed by atoms with van der Waals surface area (Å²) in [5.41, 5.74) is 6.23. The molecule has 0 aliphatic rings. The molecule has 1 aromatic heterocycles. The number of phenols is 1. The largest absolute Gasteiger partial charge is 0.505 e. The number of hydrogen-bond acceptors (Lipinski definition) is 3. The van der Waals surface area contributed by atoms with Gasteiger partial charge in [0.2, 0.25) is 0 Å². The van der Waals surface area contributed by atoms with Crippen LogP contribution in [0.4, 0.5) is 0 Å². The van der Waals surface area contributed by atoms with E-state index in [-0.39, 0.29) is 16.6 Å². The highest BCUT2D eigenvalue weighted by Gasteiger charge is 2.26. The molecule has 0 saturated carbocycles. The predicted molar refractivity (Wildman–Crippen MR) is 123 cm³/mol. The molecule has 0 atom stereocenters. The summed E-state index contributed by atoms with van der Waals surface area (Å²) in [4.78, 5) is 1.57. The summed E-state index contributed by atoms with van der Waals surface area (Å²) >= 11 is 0. The Bertz CT molecular complexity index is 1210. The second-order valence-electron chi connectivity index (χ2n) is 9.95. The van der Waals surface area contributed by atoms with Crippen LogP contribution in [0.5, 0.6) is 5.75 Å². The van der Waals surface area contributed by atoms with Crippen LogP contribution in [0.2, 0.25) is 0 Å². The second kappa shape index (κ2) is 6.98. The van der Waals surface area contributed by atoms with Crippen LogP contribution >= 0.6 is 0 Å². The number of phenolic OH excluding ortho intramolecular Hbond substituents is 1. The van der Waals surface area contributed by atoms with Crippen molar-refractivity contribution in [2.75, 3.05) is 0 Å². The Hall–Kier alpha value is -3.14. The van der Waals surface area contributed by atoms with Crippen LogP contribution in [0.1, 0.15) is 52.7 Å². The smallest absolute Gasteiger partial charge is 0.146 e. The Kier molecular flexibility index (Phi) is 4.69. The lowest BCUT2D eigenvalue weighted by atomic mass is 9.80. The van der Waals surface area contributed by atoms with E-state index in [4.69, 9.17) is 5.10 Å². The molecule has 4 aromatic rings. The van der Waals surface area contributed by atoms with Crippen molar-refractivity contribution in [2.24, 2.45) is 0 Å². The van der Waals surface area contributed by atoms with E-state index in [9.17, 15) is 5.11 Å². The van der Waals surface area contributed by atoms with Crippen molar-refractivity contribution >= 4 is 11.0 Å². The van der Waals surface area contributed by atoms with Gasteiger partial charge in [-0.15, -0.1) is 15.0 Å². The van der Waals surface area contributed by atoms with Gasteiger partial charge in [-0.05, 0) is 45.7 Å². The molecule has 4 rings (SSSR count). The van der Waals surface area contributed by atoms with E-state index in [0.29, 0.717) is 5.69 Å². The topological polar surface area (TPSA) is 50.9 Å². The molecule has 3 aromatic carbocycles. The van der Waals surface area contributed by atoms with Crippen LogP contribution in [0.3, 0.4) is 0 Å². The molecule has 154 valence electrons. The summed E-state index contributed by atoms with van der Waals surface area (Å²) in [5.74, 6) is 0.235. The van der Waals surface area contributed by atoms with Gasteiger partial charge in [0, 0.05) is 5.56 Å². The zero-order valence-electron chi connectivity index (χ0n) is 18.6. The van der Waals surface area contributed by atoms with Crippen LogP contribution < -0.4 is 0 Å². The Morgan fingerprint density at radius 1 is 0.700 bits per heavy atom. The molecule has 0 aliphatic carbocycles. The van der Waals surface area contributed by atoms with Gasteiger partial charge in [0.15, 0.2) is 0 Å². The fourth-order valence-electron chi connectivity index (χ4n) is 3.61. The third-order valence-corrected chi connectivity index (χ3v) is 5.47. The van der Waals surface area contributed by atoms with Crippen LogP contribution in [0.15, 0.2) is 60.7 Å². The summed E-state index contributed by atoms with van der Waals surface area (Å²) in [7, 11) is 0. The minimum Gasteiger partial charge on any atom is -0.505 e. The van der Waals surface area contributed by atoms with E-state index in [1.807, 2.05) is 36.4 Å². The molecule has 4 heteroatoms. The number of fused-ring (bicyclic) bond motifs is 1. The number of nitrogens with zero attached hydrogens (tertiary/aromatic N) is 3. The van der Waals surface area contributed by atoms with Crippen LogP contribution in [-0.2, 0) is 10.8 Å². The van der Waals surface area contributed by atoms with Crippen LogP contribution in [-0.4, -0.2) is 20.1 Å². The third-order valence-electron chi connectivity index (χ3n) is 5.47. The summed E-state index contributed by atoms with van der Waals surface area (Å²) < 4.78 is 0. The zero-order chi connectivity index (χ0) is 21.7. The Morgan fingerprint density at radius 3 is 2.00 bits per heavy atom. The van der Waals surface area contributed by atoms with Gasteiger partial charge in [-0.2, -0.15) is 0 Å². The maximum atomic E-state index is 11.1. The van der Waals surface area contributed by atoms with Gasteiger partial charge in [0.25, 0.3) is 0 Å². The molecule has 0 radical (unpaired) electrons. The zero-order valence-corrected chi connectivity index (χ0v) is 18.6. The lowest BCUT2D eigenvalue weighted by Gasteiger charge is -2.27. The summed E-state index contributed by atoms with van der Waals surface area (Å²) in [6, 6.07) is 20.4. The van der Waals surface area contributed by atoms with Crippen LogP contribution in [0.25, 0.3) is 27.8 Å². The predicted octanol–water partition coefficient (Wildman–Crippen LogP) is 6.39. The average molecular weight is 400 g/mol. The van der Waals surface area contributed by atoms with Crippen molar-refractivity contribution in [1.82, 2.24) is 15.0 Å². The second-order valence-corrected chi connectivity index (χ2v) is 9.95. The first-order valence-corrected chi connectivity index (χ1v) is 10.3. The highest BCUT2D eigenvalue weighted by molar-refractivity contribution is 5.81. The molecular formula is C26H29N3O. The first kappa shape index (κ1) is 20.1. The van der Waals surface area contributed by atoms with Gasteiger partial charge >= 0.3 is 0 Å². The van der Waals surface area contributed by atoms with Gasteiger partial charge in [-0.25, -0.2) is 0 Å². The van der Waals surface area contributed by atoms with Gasteiger partial charge < -0.3 is 5.11 Å². The van der Waals surface area contributed by atoms with Crippen molar-refractivity contribution in [3.8, 4) is 22.6 Å². The lowest BCUT2D eigenvalue weighted by Crippen LogP contribution is -2.18. The monoisotopic (exact) mass is 399 g/mol. The number of rotatable bonds is 2. The van der Waals surface area contributed by atoms with E-state index in [2.05, 4.69) is 70.9 Å². The molecule has 1 N–H and O–H groups in total. The third kappa shape index (κ3) is 3.70. The van der Waals surface area contributed by atoms with Gasteiger partial charge in [-0.3, -0.25) is 0 Å². The molecule has 0 unspecified atom stereocenters. The van der Waals surface area contributed by atoms with Crippen LogP contribution in [0, 0.1) is 0 Å². The summed E-state index contributed by atoms with van der Waals surface area (Å²) in [6.07, 6.45) is 0. The Balaban J connectivity index is 1.89. The maximum absolute atomic E-state index is 11.1.